The summed E-state index contributed by atoms with van der Waals surface area (Å²) < 4.78 is 5.49. The summed E-state index contributed by atoms with van der Waals surface area (Å²) in [6, 6.07) is 7.88. The van der Waals surface area contributed by atoms with Crippen LogP contribution in [-0.4, -0.2) is 34.8 Å². The number of nitrogens with one attached hydrogen (secondary N) is 1. The number of aromatic nitrogens is 2. The van der Waals surface area contributed by atoms with Gasteiger partial charge in [-0.1, -0.05) is 19.1 Å². The number of anilines is 2. The van der Waals surface area contributed by atoms with Gasteiger partial charge >= 0.3 is 0 Å². The van der Waals surface area contributed by atoms with E-state index in [0.717, 1.165) is 22.4 Å². The molecule has 0 saturated carbocycles. The van der Waals surface area contributed by atoms with Crippen molar-refractivity contribution < 1.29 is 9.84 Å². The monoisotopic (exact) mass is 355 g/mol. The highest BCUT2D eigenvalue weighted by Crippen LogP contribution is 2.27. The Kier molecular flexibility index (Phi) is 6.75. The number of benzene rings is 1. The van der Waals surface area contributed by atoms with Crippen LogP contribution >= 0.6 is 0 Å². The lowest BCUT2D eigenvalue weighted by Crippen LogP contribution is -2.20. The number of ether oxygens (including phenoxy) is 1. The zero-order chi connectivity index (χ0) is 19.1. The first-order valence-electron chi connectivity index (χ1n) is 8.56. The van der Waals surface area contributed by atoms with Crippen LogP contribution < -0.4 is 15.8 Å². The molecule has 138 valence electrons. The van der Waals surface area contributed by atoms with Crippen molar-refractivity contribution in [2.45, 2.75) is 39.2 Å². The molecule has 0 aliphatic carbocycles. The van der Waals surface area contributed by atoms with E-state index in [0.29, 0.717) is 37.4 Å². The van der Waals surface area contributed by atoms with Crippen LogP contribution in [0.1, 0.15) is 35.7 Å². The third-order valence-electron chi connectivity index (χ3n) is 4.21. The number of nitrogens with two attached hydrogens (primary N) is 1. The molecular formula is C19H25N5O2. The Morgan fingerprint density at radius 3 is 2.81 bits per heavy atom. The third-order valence-corrected chi connectivity index (χ3v) is 4.21. The molecule has 26 heavy (non-hydrogen) atoms. The fraction of sp³-hybridized carbons (Fsp3) is 0.421. The molecular weight excluding hydrogens is 330 g/mol. The lowest BCUT2D eigenvalue weighted by atomic mass is 10.0. The number of hydrogen-bond acceptors (Lipinski definition) is 7. The highest BCUT2D eigenvalue weighted by molar-refractivity contribution is 5.53. The topological polar surface area (TPSA) is 117 Å². The Bertz CT molecular complexity index is 801. The minimum absolute atomic E-state index is 0.191. The molecule has 2 rings (SSSR count). The van der Waals surface area contributed by atoms with E-state index in [-0.39, 0.29) is 5.95 Å². The maximum atomic E-state index is 9.82. The zero-order valence-corrected chi connectivity index (χ0v) is 15.4. The molecule has 2 aromatic rings. The number of methoxy groups -OCH3 is 1. The summed E-state index contributed by atoms with van der Waals surface area (Å²) in [5, 5.41) is 21.9. The second-order valence-corrected chi connectivity index (χ2v) is 6.10. The van der Waals surface area contributed by atoms with Crippen molar-refractivity contribution in [1.82, 2.24) is 9.97 Å². The first-order chi connectivity index (χ1) is 12.5. The van der Waals surface area contributed by atoms with Crippen molar-refractivity contribution in [2.75, 3.05) is 24.7 Å². The van der Waals surface area contributed by atoms with Gasteiger partial charge in [0, 0.05) is 24.2 Å². The van der Waals surface area contributed by atoms with E-state index in [2.05, 4.69) is 21.4 Å². The predicted molar refractivity (Wildman–Crippen MR) is 101 cm³/mol. The minimum Gasteiger partial charge on any atom is -0.496 e. The quantitative estimate of drug-likeness (QED) is 0.664. The summed E-state index contributed by atoms with van der Waals surface area (Å²) >= 11 is 0. The van der Waals surface area contributed by atoms with E-state index in [1.165, 1.54) is 0 Å². The minimum atomic E-state index is -0.459. The molecule has 1 unspecified atom stereocenters. The van der Waals surface area contributed by atoms with Crippen molar-refractivity contribution in [3.8, 4) is 11.8 Å². The molecule has 0 saturated heterocycles. The van der Waals surface area contributed by atoms with Crippen molar-refractivity contribution in [1.29, 1.82) is 5.26 Å². The van der Waals surface area contributed by atoms with Crippen molar-refractivity contribution in [2.24, 2.45) is 0 Å². The van der Waals surface area contributed by atoms with Gasteiger partial charge < -0.3 is 20.9 Å². The third kappa shape index (κ3) is 4.83. The summed E-state index contributed by atoms with van der Waals surface area (Å²) in [6.45, 7) is 4.18. The van der Waals surface area contributed by atoms with E-state index in [4.69, 9.17) is 15.7 Å². The Hall–Kier alpha value is -2.85. The van der Waals surface area contributed by atoms with Gasteiger partial charge in [-0.15, -0.1) is 0 Å². The molecule has 1 atom stereocenters. The van der Waals surface area contributed by atoms with Crippen LogP contribution in [0.25, 0.3) is 0 Å². The molecule has 0 aliphatic heterocycles. The largest absolute Gasteiger partial charge is 0.496 e. The molecule has 7 nitrogen and oxygen atoms in total. The van der Waals surface area contributed by atoms with Gasteiger partial charge in [0.25, 0.3) is 0 Å². The van der Waals surface area contributed by atoms with E-state index >= 15 is 0 Å². The maximum Gasteiger partial charge on any atom is 0.222 e. The molecule has 1 aromatic heterocycles. The summed E-state index contributed by atoms with van der Waals surface area (Å²) in [5.41, 5.74) is 9.33. The van der Waals surface area contributed by atoms with Gasteiger partial charge in [-0.2, -0.15) is 10.2 Å². The summed E-state index contributed by atoms with van der Waals surface area (Å²) in [7, 11) is 1.61. The Morgan fingerprint density at radius 1 is 1.38 bits per heavy atom. The smallest absolute Gasteiger partial charge is 0.222 e. The molecule has 0 spiro atoms. The average Bonchev–Trinajstić information content (AvgIpc) is 2.63. The van der Waals surface area contributed by atoms with Crippen molar-refractivity contribution >= 4 is 11.8 Å². The van der Waals surface area contributed by atoms with E-state index in [9.17, 15) is 5.11 Å². The molecule has 0 radical (unpaired) electrons. The van der Waals surface area contributed by atoms with Gasteiger partial charge in [0.05, 0.1) is 25.7 Å². The van der Waals surface area contributed by atoms with Gasteiger partial charge in [-0.25, -0.2) is 4.98 Å². The molecule has 4 N–H and O–H groups in total. The van der Waals surface area contributed by atoms with Crippen LogP contribution in [0.2, 0.25) is 0 Å². The van der Waals surface area contributed by atoms with E-state index in [1.54, 1.807) is 7.11 Å². The predicted octanol–water partition coefficient (Wildman–Crippen LogP) is 2.22. The van der Waals surface area contributed by atoms with Gasteiger partial charge in [-0.05, 0) is 30.5 Å². The van der Waals surface area contributed by atoms with E-state index in [1.807, 2.05) is 32.0 Å². The normalized spacial score (nSPS) is 11.7. The van der Waals surface area contributed by atoms with Crippen LogP contribution in [0.3, 0.4) is 0 Å². The number of aliphatic hydroxyl groups excluding tert-OH is 1. The second-order valence-electron chi connectivity index (χ2n) is 6.10. The second kappa shape index (κ2) is 9.02. The lowest BCUT2D eigenvalue weighted by molar-refractivity contribution is 0.183. The summed E-state index contributed by atoms with van der Waals surface area (Å²) in [5.74, 6) is 1.52. The lowest BCUT2D eigenvalue weighted by Gasteiger charge is -2.17. The molecule has 0 bridgehead atoms. The van der Waals surface area contributed by atoms with Crippen LogP contribution in [0.15, 0.2) is 18.2 Å². The van der Waals surface area contributed by atoms with Gasteiger partial charge in [-0.3, -0.25) is 0 Å². The highest BCUT2D eigenvalue weighted by Gasteiger charge is 2.15. The fourth-order valence-electron chi connectivity index (χ4n) is 2.66. The Morgan fingerprint density at radius 2 is 2.15 bits per heavy atom. The molecule has 1 heterocycles. The number of aliphatic hydroxyl groups is 1. The number of nitriles is 1. The number of nitrogens with zero attached hydrogens (tertiary/aromatic N) is 3. The zero-order valence-electron chi connectivity index (χ0n) is 15.4. The Balaban J connectivity index is 2.35. The van der Waals surface area contributed by atoms with Crippen LogP contribution in [-0.2, 0) is 12.8 Å². The molecule has 7 heteroatoms. The van der Waals surface area contributed by atoms with Crippen LogP contribution in [0.4, 0.5) is 11.8 Å². The standard InChI is InChI=1S/C19H25N5O2/c1-4-15(25)11-22-18-16(12(2)23-19(21)24-18)10-14-6-5-13(7-8-20)9-17(14)26-3/h5-6,9,15,25H,4,7,10-11H2,1-3H3,(H3,21,22,23,24). The Labute approximate surface area is 153 Å². The first kappa shape index (κ1) is 19.5. The number of hydrogen-bond donors (Lipinski definition) is 3. The number of nitrogen functional groups attached to an aromatic ring is 1. The first-order valence-corrected chi connectivity index (χ1v) is 8.56. The average molecular weight is 355 g/mol. The summed E-state index contributed by atoms with van der Waals surface area (Å²) in [4.78, 5) is 8.56. The van der Waals surface area contributed by atoms with Crippen LogP contribution in [0.5, 0.6) is 5.75 Å². The molecule has 0 aliphatic rings. The van der Waals surface area contributed by atoms with Crippen molar-refractivity contribution in [3.05, 3.63) is 40.6 Å². The highest BCUT2D eigenvalue weighted by atomic mass is 16.5. The number of aryl methyl sites for hydroxylation is 1. The molecule has 0 amide bonds. The molecule has 1 aromatic carbocycles. The molecule has 0 fully saturated rings. The van der Waals surface area contributed by atoms with E-state index < -0.39 is 6.10 Å². The van der Waals surface area contributed by atoms with Gasteiger partial charge in [0.15, 0.2) is 0 Å². The van der Waals surface area contributed by atoms with Gasteiger partial charge in [0.1, 0.15) is 11.6 Å². The van der Waals surface area contributed by atoms with Crippen LogP contribution in [0, 0.1) is 18.3 Å². The summed E-state index contributed by atoms with van der Waals surface area (Å²) in [6.07, 6.45) is 1.07. The van der Waals surface area contributed by atoms with Crippen molar-refractivity contribution in [3.63, 3.8) is 0 Å². The SMILES string of the molecule is CCC(O)CNc1nc(N)nc(C)c1Cc1ccc(CC#N)cc1OC. The fourth-order valence-corrected chi connectivity index (χ4v) is 2.66. The maximum absolute atomic E-state index is 9.82. The number of rotatable bonds is 8. The van der Waals surface area contributed by atoms with Gasteiger partial charge in [0.2, 0.25) is 5.95 Å².